The minimum absolute atomic E-state index is 0.0220. The number of pyridine rings is 2. The number of hydrogen-bond donors (Lipinski definition) is 1. The first-order valence-electron chi connectivity index (χ1n) is 27.7. The molecule has 2 amide bonds. The third kappa shape index (κ3) is 16.3. The molecule has 3 aliphatic heterocycles. The zero-order valence-corrected chi connectivity index (χ0v) is 48.6. The molecule has 0 unspecified atom stereocenters. The van der Waals surface area contributed by atoms with Gasteiger partial charge in [0.2, 0.25) is 17.7 Å². The predicted octanol–water partition coefficient (Wildman–Crippen LogP) is 7.59. The number of amides is 2. The summed E-state index contributed by atoms with van der Waals surface area (Å²) in [6.45, 7) is 24.2. The van der Waals surface area contributed by atoms with Crippen LogP contribution < -0.4 is 18.9 Å². The van der Waals surface area contributed by atoms with Gasteiger partial charge in [-0.15, -0.1) is 0 Å². The number of fused-ring (bicyclic) bond motifs is 2. The molecule has 9 rings (SSSR count). The molecule has 21 heteroatoms. The zero-order valence-electron chi connectivity index (χ0n) is 47.1. The van der Waals surface area contributed by atoms with Crippen molar-refractivity contribution in [1.29, 1.82) is 0 Å². The van der Waals surface area contributed by atoms with Gasteiger partial charge in [-0.3, -0.25) is 29.0 Å². The van der Waals surface area contributed by atoms with Gasteiger partial charge in [-0.05, 0) is 118 Å². The Kier molecular flexibility index (Phi) is 19.2. The van der Waals surface area contributed by atoms with Gasteiger partial charge < -0.3 is 33.3 Å². The van der Waals surface area contributed by atoms with E-state index in [-0.39, 0.29) is 31.7 Å². The van der Waals surface area contributed by atoms with Crippen molar-refractivity contribution < 1.29 is 60.2 Å². The zero-order chi connectivity index (χ0) is 56.8. The van der Waals surface area contributed by atoms with Crippen LogP contribution in [0.1, 0.15) is 100 Å². The predicted molar refractivity (Wildman–Crippen MR) is 298 cm³/mol. The maximum Gasteiger partial charge on any atom is 0.362 e. The van der Waals surface area contributed by atoms with E-state index < -0.39 is 74.0 Å². The number of ether oxygens (including phenoxy) is 6. The smallest absolute Gasteiger partial charge is 0.362 e. The summed E-state index contributed by atoms with van der Waals surface area (Å²) in [5.41, 5.74) is -3.58. The van der Waals surface area contributed by atoms with Gasteiger partial charge in [0.1, 0.15) is 41.6 Å². The van der Waals surface area contributed by atoms with E-state index in [1.807, 2.05) is 76.2 Å². The van der Waals surface area contributed by atoms with Gasteiger partial charge in [0, 0.05) is 75.3 Å². The Labute approximate surface area is 469 Å². The van der Waals surface area contributed by atoms with Crippen molar-refractivity contribution in [3.8, 4) is 17.4 Å². The van der Waals surface area contributed by atoms with E-state index in [2.05, 4.69) is 24.5 Å². The van der Waals surface area contributed by atoms with Crippen molar-refractivity contribution in [3.63, 3.8) is 0 Å². The van der Waals surface area contributed by atoms with Crippen LogP contribution in [-0.2, 0) is 47.9 Å². The molecule has 5 fully saturated rings. The molecule has 2 aromatic heterocycles. The van der Waals surface area contributed by atoms with Crippen molar-refractivity contribution >= 4 is 67.0 Å². The fourth-order valence-corrected chi connectivity index (χ4v) is 11.9. The molecular weight excluding hydrogens is 1060 g/mol. The molecule has 0 bridgehead atoms. The Balaban J connectivity index is 0.000000341. The number of nitrogens with one attached hydrogen (secondary N) is 1. The van der Waals surface area contributed by atoms with Crippen molar-refractivity contribution in [3.05, 3.63) is 66.1 Å². The molecule has 4 aromatic rings. The average Bonchev–Trinajstić information content (AvgIpc) is 4.35. The quantitative estimate of drug-likeness (QED) is 0.0628. The summed E-state index contributed by atoms with van der Waals surface area (Å²) >= 11 is 6.04. The fraction of sp³-hybridized carbons (Fsp3) is 0.621. The maximum absolute atomic E-state index is 14.7. The molecule has 0 spiro atoms. The Morgan fingerprint density at radius 3 is 1.94 bits per heavy atom. The number of nitrogens with zero attached hydrogens (tertiary/aromatic N) is 5. The molecule has 3 saturated heterocycles. The molecule has 0 radical (unpaired) electrons. The van der Waals surface area contributed by atoms with E-state index in [1.165, 1.54) is 4.90 Å². The summed E-state index contributed by atoms with van der Waals surface area (Å²) in [6.07, 6.45) is 4.27. The highest BCUT2D eigenvalue weighted by Crippen LogP contribution is 2.58. The normalized spacial score (nSPS) is 22.8. The van der Waals surface area contributed by atoms with E-state index in [0.29, 0.717) is 55.7 Å². The van der Waals surface area contributed by atoms with E-state index in [0.717, 1.165) is 93.0 Å². The number of Topliss-reactive ketones (excluding diaryl/α,β-unsaturated/α-hetero) is 1. The lowest BCUT2D eigenvalue weighted by Crippen LogP contribution is -2.49. The van der Waals surface area contributed by atoms with Crippen LogP contribution in [0, 0.1) is 22.7 Å². The number of rotatable bonds is 21. The second kappa shape index (κ2) is 25.3. The number of likely N-dealkylation sites (tertiary alicyclic amines) is 1. The van der Waals surface area contributed by atoms with Crippen LogP contribution in [0.4, 0.5) is 0 Å². The molecular formula is C58H79ClN6O13S. The van der Waals surface area contributed by atoms with Crippen LogP contribution in [0.5, 0.6) is 17.4 Å². The van der Waals surface area contributed by atoms with Crippen LogP contribution in [0.2, 0.25) is 5.15 Å². The summed E-state index contributed by atoms with van der Waals surface area (Å²) in [4.78, 5) is 70.9. The average molecular weight is 1140 g/mol. The SMILES string of the molecule is CC[C@@H]1C[C@]1(CC(=O)[C@@H]1C[C@@H](Oc2nccc3cc(OCCN4CCOCC4)ccc23)CN1C(=O)[C@@H](CC(=O)OC(C)(C)C)C(C)(C)C)C(=O)NS(=O)(=O)OC1(C)CC1.Clc1nccc2cc(OCCN3CCOCC3)ccc12. The van der Waals surface area contributed by atoms with Gasteiger partial charge in [-0.1, -0.05) is 45.7 Å². The molecule has 5 atom stereocenters. The highest BCUT2D eigenvalue weighted by Gasteiger charge is 2.62. The fourth-order valence-electron chi connectivity index (χ4n) is 10.5. The molecule has 79 heavy (non-hydrogen) atoms. The summed E-state index contributed by atoms with van der Waals surface area (Å²) in [6, 6.07) is 14.3. The first-order chi connectivity index (χ1) is 37.4. The lowest BCUT2D eigenvalue weighted by atomic mass is 9.77. The second-order valence-electron chi connectivity index (χ2n) is 23.8. The molecule has 5 heterocycles. The van der Waals surface area contributed by atoms with Crippen molar-refractivity contribution in [2.75, 3.05) is 85.5 Å². The molecule has 432 valence electrons. The van der Waals surface area contributed by atoms with Crippen LogP contribution in [-0.4, -0.2) is 165 Å². The Bertz CT molecular complexity index is 2920. The third-order valence-corrected chi connectivity index (χ3v) is 16.8. The lowest BCUT2D eigenvalue weighted by Gasteiger charge is -2.35. The van der Waals surface area contributed by atoms with E-state index in [9.17, 15) is 27.6 Å². The molecule has 2 aromatic carbocycles. The summed E-state index contributed by atoms with van der Waals surface area (Å²) < 4.78 is 67.9. The Hall–Kier alpha value is -5.22. The minimum atomic E-state index is -4.42. The number of carbonyl (C=O) groups excluding carboxylic acids is 4. The van der Waals surface area contributed by atoms with Crippen LogP contribution in [0.3, 0.4) is 0 Å². The van der Waals surface area contributed by atoms with Crippen LogP contribution >= 0.6 is 11.6 Å². The monoisotopic (exact) mass is 1130 g/mol. The number of carbonyl (C=O) groups is 4. The number of esters is 1. The number of morpholine rings is 2. The minimum Gasteiger partial charge on any atom is -0.492 e. The van der Waals surface area contributed by atoms with E-state index in [1.54, 1.807) is 40.1 Å². The lowest BCUT2D eigenvalue weighted by molar-refractivity contribution is -0.161. The molecule has 5 aliphatic rings. The maximum atomic E-state index is 14.7. The number of benzene rings is 2. The number of halogens is 1. The Morgan fingerprint density at radius 1 is 0.823 bits per heavy atom. The first-order valence-corrected chi connectivity index (χ1v) is 29.5. The highest BCUT2D eigenvalue weighted by atomic mass is 35.5. The molecule has 2 saturated carbocycles. The third-order valence-electron chi connectivity index (χ3n) is 15.4. The number of ketones is 1. The van der Waals surface area contributed by atoms with Crippen molar-refractivity contribution in [2.24, 2.45) is 22.7 Å². The van der Waals surface area contributed by atoms with Gasteiger partial charge in [0.15, 0.2) is 5.78 Å². The highest BCUT2D eigenvalue weighted by molar-refractivity contribution is 7.85. The van der Waals surface area contributed by atoms with Gasteiger partial charge in [0.05, 0.1) is 62.4 Å². The van der Waals surface area contributed by atoms with Crippen LogP contribution in [0.25, 0.3) is 21.5 Å². The van der Waals surface area contributed by atoms with E-state index >= 15 is 0 Å². The number of aromatic nitrogens is 2. The topological polar surface area (TPSA) is 215 Å². The summed E-state index contributed by atoms with van der Waals surface area (Å²) in [5.74, 6) is -1.31. The molecule has 19 nitrogen and oxygen atoms in total. The molecule has 2 aliphatic carbocycles. The molecule has 1 N–H and O–H groups in total. The van der Waals surface area contributed by atoms with E-state index in [4.69, 9.17) is 44.2 Å². The van der Waals surface area contributed by atoms with Gasteiger partial charge in [-0.2, -0.15) is 8.42 Å². The second-order valence-corrected chi connectivity index (χ2v) is 25.4. The van der Waals surface area contributed by atoms with Crippen molar-refractivity contribution in [1.82, 2.24) is 29.4 Å². The largest absolute Gasteiger partial charge is 0.492 e. The van der Waals surface area contributed by atoms with Crippen LogP contribution in [0.15, 0.2) is 60.9 Å². The number of hydrogen-bond acceptors (Lipinski definition) is 17. The standard InChI is InChI=1S/C43H62N4O11S.C15H17ClN2O2/c1-9-29-25-43(29,39(51)45-59(52,53)58-42(8)13-14-42)26-35(48)34-23-31(27-47(34)38(50)33(40(2,3)4)24-36(49)57-41(5,6)7)56-37-32-11-10-30(22-28(32)12-15-44-37)55-21-18-46-16-19-54-20-17-46;16-15-14-2-1-13(11-12(14)3-4-17-15)20-10-7-18-5-8-19-9-6-18/h10-12,15,22,29,31,33-34H,9,13-14,16-21,23-27H2,1-8H3,(H,45,51);1-4,11H,5-10H2/t29-,31-,33-,34+,43-;/m1./s1. The first kappa shape index (κ1) is 59.9. The summed E-state index contributed by atoms with van der Waals surface area (Å²) in [5, 5.41) is 4.09. The van der Waals surface area contributed by atoms with Crippen molar-refractivity contribution in [2.45, 2.75) is 124 Å². The van der Waals surface area contributed by atoms with Gasteiger partial charge in [-0.25, -0.2) is 18.9 Å². The van der Waals surface area contributed by atoms with Gasteiger partial charge >= 0.3 is 16.3 Å². The summed E-state index contributed by atoms with van der Waals surface area (Å²) in [7, 11) is -4.42. The van der Waals surface area contributed by atoms with Gasteiger partial charge in [0.25, 0.3) is 0 Å². The Morgan fingerprint density at radius 2 is 1.39 bits per heavy atom.